The first-order valence-electron chi connectivity index (χ1n) is 5.44. The first-order valence-corrected chi connectivity index (χ1v) is 5.44. The van der Waals surface area contributed by atoms with Crippen LogP contribution in [0.1, 0.15) is 21.5 Å². The molecule has 2 rings (SSSR count). The van der Waals surface area contributed by atoms with E-state index < -0.39 is 0 Å². The SMILES string of the molecule is Cc1ccc(C)c(-c2cc(C=O)ccc2F)c1. The second-order valence-electron chi connectivity index (χ2n) is 4.18. The number of aldehydes is 1. The molecule has 0 bridgehead atoms. The van der Waals surface area contributed by atoms with Gasteiger partial charge in [-0.3, -0.25) is 4.79 Å². The molecule has 2 aromatic rings. The number of rotatable bonds is 2. The first-order chi connectivity index (χ1) is 8.11. The predicted molar refractivity (Wildman–Crippen MR) is 66.7 cm³/mol. The van der Waals surface area contributed by atoms with E-state index in [1.807, 2.05) is 32.0 Å². The summed E-state index contributed by atoms with van der Waals surface area (Å²) in [5.74, 6) is -0.302. The average Bonchev–Trinajstić information content (AvgIpc) is 2.33. The van der Waals surface area contributed by atoms with Crippen LogP contribution in [-0.4, -0.2) is 6.29 Å². The molecule has 0 aromatic heterocycles. The van der Waals surface area contributed by atoms with Crippen molar-refractivity contribution in [3.05, 3.63) is 58.9 Å². The maximum atomic E-state index is 13.8. The standard InChI is InChI=1S/C15H13FO/c1-10-3-4-11(2)13(7-10)14-8-12(9-17)5-6-15(14)16/h3-9H,1-2H3. The van der Waals surface area contributed by atoms with Gasteiger partial charge in [-0.05, 0) is 43.2 Å². The number of benzene rings is 2. The molecule has 0 aliphatic rings. The minimum absolute atomic E-state index is 0.302. The van der Waals surface area contributed by atoms with E-state index in [9.17, 15) is 9.18 Å². The zero-order chi connectivity index (χ0) is 12.4. The number of carbonyl (C=O) groups excluding carboxylic acids is 1. The molecule has 2 aromatic carbocycles. The Morgan fingerprint density at radius 1 is 1.00 bits per heavy atom. The van der Waals surface area contributed by atoms with Gasteiger partial charge in [0.25, 0.3) is 0 Å². The highest BCUT2D eigenvalue weighted by atomic mass is 19.1. The minimum atomic E-state index is -0.302. The summed E-state index contributed by atoms with van der Waals surface area (Å²) in [4.78, 5) is 10.7. The third kappa shape index (κ3) is 2.26. The Morgan fingerprint density at radius 2 is 1.76 bits per heavy atom. The van der Waals surface area contributed by atoms with Crippen molar-refractivity contribution in [1.29, 1.82) is 0 Å². The Kier molecular flexibility index (Phi) is 3.05. The largest absolute Gasteiger partial charge is 0.298 e. The van der Waals surface area contributed by atoms with Gasteiger partial charge in [0.05, 0.1) is 0 Å². The molecule has 0 aliphatic heterocycles. The van der Waals surface area contributed by atoms with Crippen LogP contribution < -0.4 is 0 Å². The molecule has 0 fully saturated rings. The van der Waals surface area contributed by atoms with E-state index in [0.717, 1.165) is 23.0 Å². The van der Waals surface area contributed by atoms with Gasteiger partial charge in [0.1, 0.15) is 12.1 Å². The lowest BCUT2D eigenvalue weighted by Crippen LogP contribution is -1.91. The molecule has 0 N–H and O–H groups in total. The molecule has 0 saturated carbocycles. The van der Waals surface area contributed by atoms with E-state index in [1.54, 1.807) is 6.07 Å². The molecule has 0 unspecified atom stereocenters. The van der Waals surface area contributed by atoms with Gasteiger partial charge in [0, 0.05) is 11.1 Å². The van der Waals surface area contributed by atoms with Crippen LogP contribution in [0.2, 0.25) is 0 Å². The van der Waals surface area contributed by atoms with Crippen LogP contribution in [0.5, 0.6) is 0 Å². The van der Waals surface area contributed by atoms with E-state index in [1.165, 1.54) is 12.1 Å². The highest BCUT2D eigenvalue weighted by Crippen LogP contribution is 2.27. The minimum Gasteiger partial charge on any atom is -0.298 e. The fourth-order valence-corrected chi connectivity index (χ4v) is 1.85. The molecule has 0 radical (unpaired) electrons. The Bertz CT molecular complexity index is 573. The quantitative estimate of drug-likeness (QED) is 0.712. The zero-order valence-corrected chi connectivity index (χ0v) is 9.83. The van der Waals surface area contributed by atoms with Crippen molar-refractivity contribution >= 4 is 6.29 Å². The van der Waals surface area contributed by atoms with Crippen molar-refractivity contribution in [2.45, 2.75) is 13.8 Å². The van der Waals surface area contributed by atoms with Crippen molar-refractivity contribution in [2.75, 3.05) is 0 Å². The normalized spacial score (nSPS) is 10.3. The first kappa shape index (κ1) is 11.5. The van der Waals surface area contributed by atoms with Gasteiger partial charge >= 0.3 is 0 Å². The monoisotopic (exact) mass is 228 g/mol. The third-order valence-electron chi connectivity index (χ3n) is 2.81. The third-order valence-corrected chi connectivity index (χ3v) is 2.81. The predicted octanol–water partition coefficient (Wildman–Crippen LogP) is 3.92. The Labute approximate surface area is 99.9 Å². The molecule has 0 aliphatic carbocycles. The molecule has 0 saturated heterocycles. The summed E-state index contributed by atoms with van der Waals surface area (Å²) in [7, 11) is 0. The van der Waals surface area contributed by atoms with Gasteiger partial charge in [-0.25, -0.2) is 4.39 Å². The van der Waals surface area contributed by atoms with Crippen LogP contribution in [0.4, 0.5) is 4.39 Å². The molecule has 0 amide bonds. The van der Waals surface area contributed by atoms with Gasteiger partial charge in [-0.15, -0.1) is 0 Å². The van der Waals surface area contributed by atoms with Gasteiger partial charge in [0.2, 0.25) is 0 Å². The molecular formula is C15H13FO. The fraction of sp³-hybridized carbons (Fsp3) is 0.133. The highest BCUT2D eigenvalue weighted by Gasteiger charge is 2.08. The number of hydrogen-bond acceptors (Lipinski definition) is 1. The Hall–Kier alpha value is -1.96. The van der Waals surface area contributed by atoms with E-state index in [2.05, 4.69) is 0 Å². The van der Waals surface area contributed by atoms with Crippen LogP contribution in [0.25, 0.3) is 11.1 Å². The van der Waals surface area contributed by atoms with Crippen molar-refractivity contribution in [3.8, 4) is 11.1 Å². The van der Waals surface area contributed by atoms with Gasteiger partial charge in [0.15, 0.2) is 0 Å². The number of carbonyl (C=O) groups is 1. The van der Waals surface area contributed by atoms with Crippen LogP contribution in [0.15, 0.2) is 36.4 Å². The molecule has 1 nitrogen and oxygen atoms in total. The maximum absolute atomic E-state index is 13.8. The summed E-state index contributed by atoms with van der Waals surface area (Å²) in [6, 6.07) is 10.3. The molecule has 0 spiro atoms. The van der Waals surface area contributed by atoms with E-state index in [0.29, 0.717) is 11.1 Å². The number of halogens is 1. The van der Waals surface area contributed by atoms with Crippen molar-refractivity contribution in [1.82, 2.24) is 0 Å². The van der Waals surface area contributed by atoms with E-state index >= 15 is 0 Å². The second kappa shape index (κ2) is 4.50. The zero-order valence-electron chi connectivity index (χ0n) is 9.83. The van der Waals surface area contributed by atoms with Crippen LogP contribution in [-0.2, 0) is 0 Å². The summed E-state index contributed by atoms with van der Waals surface area (Å²) in [5.41, 5.74) is 3.88. The van der Waals surface area contributed by atoms with Crippen LogP contribution in [0, 0.1) is 19.7 Å². The molecular weight excluding hydrogens is 215 g/mol. The van der Waals surface area contributed by atoms with Gasteiger partial charge < -0.3 is 0 Å². The summed E-state index contributed by atoms with van der Waals surface area (Å²) in [6.07, 6.45) is 0.730. The summed E-state index contributed by atoms with van der Waals surface area (Å²) >= 11 is 0. The molecule has 0 heterocycles. The van der Waals surface area contributed by atoms with Crippen LogP contribution in [0.3, 0.4) is 0 Å². The summed E-state index contributed by atoms with van der Waals surface area (Å²) in [6.45, 7) is 3.90. The van der Waals surface area contributed by atoms with Crippen molar-refractivity contribution in [3.63, 3.8) is 0 Å². The van der Waals surface area contributed by atoms with E-state index in [-0.39, 0.29) is 5.82 Å². The van der Waals surface area contributed by atoms with Gasteiger partial charge in [-0.1, -0.05) is 23.8 Å². The molecule has 2 heteroatoms. The Balaban J connectivity index is 2.66. The summed E-state index contributed by atoms with van der Waals surface area (Å²) in [5, 5.41) is 0. The lowest BCUT2D eigenvalue weighted by molar-refractivity contribution is 0.112. The highest BCUT2D eigenvalue weighted by molar-refractivity contribution is 5.80. The number of hydrogen-bond donors (Lipinski definition) is 0. The lowest BCUT2D eigenvalue weighted by Gasteiger charge is -2.09. The average molecular weight is 228 g/mol. The molecule has 0 atom stereocenters. The van der Waals surface area contributed by atoms with E-state index in [4.69, 9.17) is 0 Å². The van der Waals surface area contributed by atoms with Gasteiger partial charge in [-0.2, -0.15) is 0 Å². The summed E-state index contributed by atoms with van der Waals surface area (Å²) < 4.78 is 13.8. The fourth-order valence-electron chi connectivity index (χ4n) is 1.85. The maximum Gasteiger partial charge on any atom is 0.150 e. The van der Waals surface area contributed by atoms with Crippen molar-refractivity contribution in [2.24, 2.45) is 0 Å². The Morgan fingerprint density at radius 3 is 2.47 bits per heavy atom. The molecule has 86 valence electrons. The second-order valence-corrected chi connectivity index (χ2v) is 4.18. The molecule has 17 heavy (non-hydrogen) atoms. The smallest absolute Gasteiger partial charge is 0.150 e. The van der Waals surface area contributed by atoms with Crippen molar-refractivity contribution < 1.29 is 9.18 Å². The van der Waals surface area contributed by atoms with Crippen LogP contribution >= 0.6 is 0 Å². The topological polar surface area (TPSA) is 17.1 Å². The lowest BCUT2D eigenvalue weighted by atomic mass is 9.97. The number of aryl methyl sites for hydroxylation is 2.